The Balaban J connectivity index is 1.36. The van der Waals surface area contributed by atoms with Gasteiger partial charge in [-0.1, -0.05) is 12.1 Å². The van der Waals surface area contributed by atoms with Gasteiger partial charge in [0, 0.05) is 43.2 Å². The number of aromatic nitrogens is 3. The lowest BCUT2D eigenvalue weighted by atomic mass is 9.97. The first-order valence-electron chi connectivity index (χ1n) is 14.2. The van der Waals surface area contributed by atoms with E-state index in [9.17, 15) is 27.9 Å². The number of nitrogens with zero attached hydrogens (tertiary/aromatic N) is 5. The quantitative estimate of drug-likeness (QED) is 0.339. The lowest BCUT2D eigenvalue weighted by Crippen LogP contribution is -2.47. The molecule has 0 spiro atoms. The van der Waals surface area contributed by atoms with E-state index in [1.807, 2.05) is 18.7 Å². The molecule has 2 fully saturated rings. The number of carboxylic acid groups (broad SMARTS) is 1. The highest BCUT2D eigenvalue weighted by Crippen LogP contribution is 2.37. The van der Waals surface area contributed by atoms with Gasteiger partial charge in [0.05, 0.1) is 48.2 Å². The van der Waals surface area contributed by atoms with E-state index in [4.69, 9.17) is 4.74 Å². The van der Waals surface area contributed by atoms with E-state index >= 15 is 0 Å². The van der Waals surface area contributed by atoms with Crippen LogP contribution in [0.25, 0.3) is 11.3 Å². The van der Waals surface area contributed by atoms with Crippen LogP contribution >= 0.6 is 11.3 Å². The normalized spacial score (nSPS) is 18.1. The van der Waals surface area contributed by atoms with Crippen LogP contribution in [0, 0.1) is 12.8 Å². The van der Waals surface area contributed by atoms with E-state index in [0.717, 1.165) is 10.9 Å². The number of hydrogen-bond donors (Lipinski definition) is 1. The third-order valence-electron chi connectivity index (χ3n) is 7.83. The molecule has 0 aliphatic carbocycles. The molecule has 0 bridgehead atoms. The van der Waals surface area contributed by atoms with E-state index in [1.165, 1.54) is 36.7 Å². The smallest absolute Gasteiger partial charge is 0.416 e. The van der Waals surface area contributed by atoms with Crippen LogP contribution in [-0.2, 0) is 28.7 Å². The van der Waals surface area contributed by atoms with Crippen molar-refractivity contribution in [2.75, 3.05) is 37.7 Å². The Labute approximate surface area is 251 Å². The minimum Gasteiger partial charge on any atom is -0.481 e. The third-order valence-corrected chi connectivity index (χ3v) is 8.87. The van der Waals surface area contributed by atoms with Crippen molar-refractivity contribution < 1.29 is 32.6 Å². The number of rotatable bonds is 8. The molecule has 2 aliphatic rings. The van der Waals surface area contributed by atoms with Crippen molar-refractivity contribution >= 4 is 28.9 Å². The predicted molar refractivity (Wildman–Crippen MR) is 155 cm³/mol. The average molecular weight is 618 g/mol. The molecule has 13 heteroatoms. The van der Waals surface area contributed by atoms with E-state index in [0.29, 0.717) is 74.3 Å². The average Bonchev–Trinajstić information content (AvgIpc) is 3.33. The number of carbonyl (C=O) groups is 2. The van der Waals surface area contributed by atoms with Gasteiger partial charge in [0.2, 0.25) is 0 Å². The van der Waals surface area contributed by atoms with Crippen molar-refractivity contribution in [1.29, 1.82) is 0 Å². The number of benzene rings is 1. The first kappa shape index (κ1) is 31.0. The Hall–Kier alpha value is -3.42. The molecule has 3 aromatic rings. The molecule has 9 nitrogen and oxygen atoms in total. The van der Waals surface area contributed by atoms with Crippen molar-refractivity contribution in [2.24, 2.45) is 5.92 Å². The van der Waals surface area contributed by atoms with Crippen molar-refractivity contribution in [2.45, 2.75) is 58.4 Å². The van der Waals surface area contributed by atoms with Crippen LogP contribution in [0.1, 0.15) is 58.2 Å². The first-order valence-corrected chi connectivity index (χ1v) is 15.0. The summed E-state index contributed by atoms with van der Waals surface area (Å²) in [5, 5.41) is 9.70. The van der Waals surface area contributed by atoms with Crippen molar-refractivity contribution in [3.63, 3.8) is 0 Å². The van der Waals surface area contributed by atoms with Gasteiger partial charge in [-0.15, -0.1) is 11.3 Å². The number of morpholine rings is 1. The Morgan fingerprint density at radius 2 is 1.88 bits per heavy atom. The summed E-state index contributed by atoms with van der Waals surface area (Å²) < 4.78 is 47.0. The van der Waals surface area contributed by atoms with Gasteiger partial charge in [0.25, 0.3) is 0 Å². The molecular weight excluding hydrogens is 583 g/mol. The summed E-state index contributed by atoms with van der Waals surface area (Å²) in [6.45, 7) is 8.84. The fourth-order valence-electron chi connectivity index (χ4n) is 5.55. The van der Waals surface area contributed by atoms with Gasteiger partial charge in [-0.2, -0.15) is 13.2 Å². The van der Waals surface area contributed by atoms with Gasteiger partial charge in [0.15, 0.2) is 5.78 Å². The maximum absolute atomic E-state index is 13.7. The van der Waals surface area contributed by atoms with Gasteiger partial charge in [0.1, 0.15) is 16.5 Å². The summed E-state index contributed by atoms with van der Waals surface area (Å²) in [6, 6.07) is 4.22. The zero-order valence-corrected chi connectivity index (χ0v) is 25.1. The molecule has 4 heterocycles. The maximum Gasteiger partial charge on any atom is 0.416 e. The number of halogens is 3. The molecule has 43 heavy (non-hydrogen) atoms. The highest BCUT2D eigenvalue weighted by atomic mass is 32.1. The standard InChI is InChI=1S/C30H34F3N5O4S/c1-18-4-5-20(12-21(18)30(31,32)33)27-24(16-37-10-11-42-29(2,3)17-37)43-26(36-27)13-23(39)22-14-35-25(15-34-22)38-8-6-19(7-9-38)28(40)41/h4-5,12,14-15,19H,6-11,13,16-17H2,1-3H3,(H,40,41). The lowest BCUT2D eigenvalue weighted by molar-refractivity contribution is -0.142. The van der Waals surface area contributed by atoms with Crippen LogP contribution in [0.3, 0.4) is 0 Å². The van der Waals surface area contributed by atoms with Crippen molar-refractivity contribution in [3.8, 4) is 11.3 Å². The Kier molecular flexibility index (Phi) is 8.87. The largest absolute Gasteiger partial charge is 0.481 e. The number of piperidine rings is 1. The molecule has 0 atom stereocenters. The van der Waals surface area contributed by atoms with Crippen LogP contribution < -0.4 is 4.90 Å². The van der Waals surface area contributed by atoms with Crippen LogP contribution in [0.5, 0.6) is 0 Å². The Morgan fingerprint density at radius 3 is 2.51 bits per heavy atom. The maximum atomic E-state index is 13.7. The lowest BCUT2D eigenvalue weighted by Gasteiger charge is -2.38. The van der Waals surface area contributed by atoms with Gasteiger partial charge in [-0.25, -0.2) is 15.0 Å². The number of carbonyl (C=O) groups excluding carboxylic acids is 1. The van der Waals surface area contributed by atoms with Gasteiger partial charge in [-0.05, 0) is 45.2 Å². The highest BCUT2D eigenvalue weighted by Gasteiger charge is 2.34. The summed E-state index contributed by atoms with van der Waals surface area (Å²) in [5.41, 5.74) is 0.0158. The molecule has 2 aromatic heterocycles. The van der Waals surface area contributed by atoms with Crippen molar-refractivity contribution in [1.82, 2.24) is 19.9 Å². The van der Waals surface area contributed by atoms with Crippen LogP contribution in [0.15, 0.2) is 30.6 Å². The minimum absolute atomic E-state index is 0.0672. The van der Waals surface area contributed by atoms with Gasteiger partial charge in [-0.3, -0.25) is 14.5 Å². The summed E-state index contributed by atoms with van der Waals surface area (Å²) in [5.74, 6) is -0.889. The second-order valence-electron chi connectivity index (χ2n) is 11.7. The summed E-state index contributed by atoms with van der Waals surface area (Å²) in [7, 11) is 0. The second kappa shape index (κ2) is 12.3. The fourth-order valence-corrected chi connectivity index (χ4v) is 6.68. The summed E-state index contributed by atoms with van der Waals surface area (Å²) >= 11 is 1.32. The topological polar surface area (TPSA) is 109 Å². The number of Topliss-reactive ketones (excluding diaryl/α,β-unsaturated/α-hetero) is 1. The van der Waals surface area contributed by atoms with E-state index < -0.39 is 17.7 Å². The minimum atomic E-state index is -4.50. The van der Waals surface area contributed by atoms with Crippen LogP contribution in [-0.4, -0.2) is 75.1 Å². The van der Waals surface area contributed by atoms with Crippen molar-refractivity contribution in [3.05, 3.63) is 57.3 Å². The number of aliphatic carboxylic acids is 1. The fraction of sp³-hybridized carbons (Fsp3) is 0.500. The first-order chi connectivity index (χ1) is 20.3. The molecule has 230 valence electrons. The molecule has 0 amide bonds. The number of thiazole rings is 1. The van der Waals surface area contributed by atoms with Gasteiger partial charge >= 0.3 is 12.1 Å². The summed E-state index contributed by atoms with van der Waals surface area (Å²) in [4.78, 5) is 42.7. The number of ether oxygens (including phenoxy) is 1. The van der Waals surface area contributed by atoms with E-state index in [-0.39, 0.29) is 35.0 Å². The Bertz CT molecular complexity index is 1480. The number of carboxylic acids is 1. The van der Waals surface area contributed by atoms with E-state index in [2.05, 4.69) is 19.9 Å². The monoisotopic (exact) mass is 617 g/mol. The number of alkyl halides is 3. The number of aryl methyl sites for hydroxylation is 1. The second-order valence-corrected chi connectivity index (χ2v) is 12.9. The SMILES string of the molecule is Cc1ccc(-c2nc(CC(=O)c3cnc(N4CCC(C(=O)O)CC4)cn3)sc2CN2CCOC(C)(C)C2)cc1C(F)(F)F. The molecular formula is C30H34F3N5O4S. The molecule has 0 unspecified atom stereocenters. The van der Waals surface area contributed by atoms with Crippen LogP contribution in [0.2, 0.25) is 0 Å². The molecule has 5 rings (SSSR count). The highest BCUT2D eigenvalue weighted by molar-refractivity contribution is 7.12. The van der Waals surface area contributed by atoms with Gasteiger partial charge < -0.3 is 14.7 Å². The molecule has 0 saturated carbocycles. The predicted octanol–water partition coefficient (Wildman–Crippen LogP) is 5.26. The molecule has 2 saturated heterocycles. The zero-order valence-electron chi connectivity index (χ0n) is 24.3. The number of ketones is 1. The molecule has 1 N–H and O–H groups in total. The molecule has 0 radical (unpaired) electrons. The Morgan fingerprint density at radius 1 is 1.14 bits per heavy atom. The zero-order chi connectivity index (χ0) is 30.9. The van der Waals surface area contributed by atoms with E-state index in [1.54, 1.807) is 6.07 Å². The third kappa shape index (κ3) is 7.39. The number of hydrogen-bond acceptors (Lipinski definition) is 9. The van der Waals surface area contributed by atoms with Crippen LogP contribution in [0.4, 0.5) is 19.0 Å². The molecule has 1 aromatic carbocycles. The number of anilines is 1. The summed E-state index contributed by atoms with van der Waals surface area (Å²) in [6.07, 6.45) is -0.623. The molecule has 2 aliphatic heterocycles.